The van der Waals surface area contributed by atoms with Gasteiger partial charge in [-0.15, -0.1) is 0 Å². The van der Waals surface area contributed by atoms with Gasteiger partial charge in [0.15, 0.2) is 0 Å². The zero-order valence-electron chi connectivity index (χ0n) is 7.57. The largest absolute Gasteiger partial charge is 0.481 e. The molecule has 13 heavy (non-hydrogen) atoms. The van der Waals surface area contributed by atoms with Gasteiger partial charge in [-0.05, 0) is 6.92 Å². The number of aliphatic carboxylic acids is 1. The molecule has 1 atom stereocenters. The van der Waals surface area contributed by atoms with Crippen LogP contribution in [0.5, 0.6) is 0 Å². The van der Waals surface area contributed by atoms with Gasteiger partial charge in [0.25, 0.3) is 0 Å². The Morgan fingerprint density at radius 1 is 1.54 bits per heavy atom. The third-order valence-corrected chi connectivity index (χ3v) is 3.71. The molecule has 0 rings (SSSR count). The van der Waals surface area contributed by atoms with Crippen LogP contribution in [0.25, 0.3) is 0 Å². The Labute approximate surface area is 85.2 Å². The second-order valence-electron chi connectivity index (χ2n) is 2.40. The lowest BCUT2D eigenvalue weighted by Crippen LogP contribution is -2.26. The monoisotopic (exact) mass is 223 g/mol. The molecule has 0 aliphatic rings. The summed E-state index contributed by atoms with van der Waals surface area (Å²) in [5.41, 5.74) is 0. The van der Waals surface area contributed by atoms with Crippen molar-refractivity contribution in [3.8, 4) is 0 Å². The fourth-order valence-corrected chi connectivity index (χ4v) is 2.66. The average molecular weight is 223 g/mol. The van der Waals surface area contributed by atoms with Gasteiger partial charge >= 0.3 is 5.97 Å². The lowest BCUT2D eigenvalue weighted by atomic mass is 10.5. The fraction of sp³-hybridized carbons (Fsp3) is 0.714. The fourth-order valence-electron chi connectivity index (χ4n) is 0.589. The molecule has 0 aromatic rings. The van der Waals surface area contributed by atoms with Crippen molar-refractivity contribution in [3.63, 3.8) is 0 Å². The second kappa shape index (κ2) is 7.08. The Kier molecular flexibility index (Phi) is 6.89. The number of carboxylic acid groups (broad SMARTS) is 1. The number of rotatable bonds is 6. The van der Waals surface area contributed by atoms with Crippen LogP contribution in [0.15, 0.2) is 0 Å². The Hall–Kier alpha value is -0.360. The van der Waals surface area contributed by atoms with Gasteiger partial charge in [-0.1, -0.05) is 21.6 Å². The number of carbonyl (C=O) groups excluding carboxylic acids is 1. The first kappa shape index (κ1) is 12.6. The van der Waals surface area contributed by atoms with Crippen LogP contribution in [-0.4, -0.2) is 28.1 Å². The maximum Gasteiger partial charge on any atom is 0.304 e. The van der Waals surface area contributed by atoms with Crippen molar-refractivity contribution < 1.29 is 14.7 Å². The third-order valence-electron chi connectivity index (χ3n) is 1.02. The minimum absolute atomic E-state index is 0.0243. The second-order valence-corrected chi connectivity index (χ2v) is 5.23. The Morgan fingerprint density at radius 3 is 2.62 bits per heavy atom. The number of nitrogens with one attached hydrogen (secondary N) is 1. The van der Waals surface area contributed by atoms with Crippen molar-refractivity contribution in [1.29, 1.82) is 0 Å². The van der Waals surface area contributed by atoms with Crippen LogP contribution in [0.2, 0.25) is 0 Å². The number of carboxylic acids is 1. The predicted molar refractivity (Wildman–Crippen MR) is 55.6 cm³/mol. The molecule has 1 amide bonds. The van der Waals surface area contributed by atoms with E-state index in [2.05, 4.69) is 5.32 Å². The van der Waals surface area contributed by atoms with E-state index in [0.29, 0.717) is 5.75 Å². The average Bonchev–Trinajstić information content (AvgIpc) is 1.96. The van der Waals surface area contributed by atoms with Crippen molar-refractivity contribution in [1.82, 2.24) is 5.32 Å². The van der Waals surface area contributed by atoms with Crippen LogP contribution in [0.4, 0.5) is 0 Å². The molecule has 0 aromatic heterocycles. The van der Waals surface area contributed by atoms with E-state index in [1.165, 1.54) is 28.5 Å². The molecule has 0 aromatic carbocycles. The molecule has 0 fully saturated rings. The minimum atomic E-state index is -0.791. The van der Waals surface area contributed by atoms with Gasteiger partial charge in [0.1, 0.15) is 0 Å². The van der Waals surface area contributed by atoms with Gasteiger partial charge in [-0.3, -0.25) is 9.59 Å². The maximum atomic E-state index is 10.6. The summed E-state index contributed by atoms with van der Waals surface area (Å²) in [6, 6.07) is 0. The molecule has 0 aliphatic heterocycles. The van der Waals surface area contributed by atoms with Crippen molar-refractivity contribution in [2.45, 2.75) is 25.6 Å². The van der Waals surface area contributed by atoms with E-state index in [4.69, 9.17) is 5.11 Å². The van der Waals surface area contributed by atoms with Crippen molar-refractivity contribution in [2.75, 3.05) is 5.75 Å². The van der Waals surface area contributed by atoms with Gasteiger partial charge in [0.05, 0.1) is 11.8 Å². The van der Waals surface area contributed by atoms with Crippen LogP contribution in [0, 0.1) is 0 Å². The number of amides is 1. The third kappa shape index (κ3) is 9.55. The summed E-state index contributed by atoms with van der Waals surface area (Å²) < 4.78 is 0. The first-order chi connectivity index (χ1) is 6.02. The summed E-state index contributed by atoms with van der Waals surface area (Å²) in [7, 11) is 2.92. The molecule has 0 radical (unpaired) electrons. The quantitative estimate of drug-likeness (QED) is 0.404. The lowest BCUT2D eigenvalue weighted by Gasteiger charge is -2.09. The molecule has 76 valence electrons. The summed E-state index contributed by atoms with van der Waals surface area (Å²) in [5.74, 6) is -0.302. The van der Waals surface area contributed by atoms with E-state index in [0.717, 1.165) is 0 Å². The standard InChI is InChI=1S/C7H13NO3S2/c1-5(9)8-6(2)13-12-4-3-7(10)11/h6H,3-4H2,1-2H3,(H,8,9)(H,10,11). The first-order valence-electron chi connectivity index (χ1n) is 3.79. The Bertz CT molecular complexity index is 187. The van der Waals surface area contributed by atoms with E-state index in [-0.39, 0.29) is 17.7 Å². The van der Waals surface area contributed by atoms with E-state index >= 15 is 0 Å². The van der Waals surface area contributed by atoms with Crippen LogP contribution in [0.1, 0.15) is 20.3 Å². The highest BCUT2D eigenvalue weighted by atomic mass is 33.1. The van der Waals surface area contributed by atoms with Crippen LogP contribution >= 0.6 is 21.6 Å². The lowest BCUT2D eigenvalue weighted by molar-refractivity contribution is -0.136. The summed E-state index contributed by atoms with van der Waals surface area (Å²) in [6.07, 6.45) is 0.157. The molecule has 0 saturated heterocycles. The van der Waals surface area contributed by atoms with Crippen LogP contribution in [0.3, 0.4) is 0 Å². The number of hydrogen-bond acceptors (Lipinski definition) is 4. The molecular weight excluding hydrogens is 210 g/mol. The normalized spacial score (nSPS) is 12.2. The van der Waals surface area contributed by atoms with Gasteiger partial charge < -0.3 is 10.4 Å². The van der Waals surface area contributed by atoms with E-state index < -0.39 is 5.97 Å². The van der Waals surface area contributed by atoms with Crippen LogP contribution < -0.4 is 5.32 Å². The smallest absolute Gasteiger partial charge is 0.304 e. The molecule has 2 N–H and O–H groups in total. The minimum Gasteiger partial charge on any atom is -0.481 e. The summed E-state index contributed by atoms with van der Waals surface area (Å²) >= 11 is 0. The number of hydrogen-bond donors (Lipinski definition) is 2. The molecule has 0 spiro atoms. The molecule has 4 nitrogen and oxygen atoms in total. The number of carbonyl (C=O) groups is 2. The van der Waals surface area contributed by atoms with Crippen molar-refractivity contribution in [2.24, 2.45) is 0 Å². The molecule has 0 heterocycles. The molecule has 0 saturated carbocycles. The molecule has 6 heteroatoms. The highest BCUT2D eigenvalue weighted by molar-refractivity contribution is 8.76. The molecule has 1 unspecified atom stereocenters. The first-order valence-corrected chi connectivity index (χ1v) is 6.17. The molecule has 0 bridgehead atoms. The maximum absolute atomic E-state index is 10.6. The Morgan fingerprint density at radius 2 is 2.15 bits per heavy atom. The SMILES string of the molecule is CC(=O)NC(C)SSCCC(=O)O. The van der Waals surface area contributed by atoms with E-state index in [1.807, 2.05) is 6.92 Å². The van der Waals surface area contributed by atoms with E-state index in [9.17, 15) is 9.59 Å². The van der Waals surface area contributed by atoms with Gasteiger partial charge in [-0.25, -0.2) is 0 Å². The van der Waals surface area contributed by atoms with Gasteiger partial charge in [-0.2, -0.15) is 0 Å². The zero-order chi connectivity index (χ0) is 10.3. The highest BCUT2D eigenvalue weighted by Crippen LogP contribution is 2.25. The van der Waals surface area contributed by atoms with Crippen molar-refractivity contribution in [3.05, 3.63) is 0 Å². The topological polar surface area (TPSA) is 66.4 Å². The van der Waals surface area contributed by atoms with Crippen molar-refractivity contribution >= 4 is 33.5 Å². The summed E-state index contributed by atoms with van der Waals surface area (Å²) in [6.45, 7) is 3.32. The van der Waals surface area contributed by atoms with Crippen LogP contribution in [-0.2, 0) is 9.59 Å². The predicted octanol–water partition coefficient (Wildman–Crippen LogP) is 1.32. The zero-order valence-corrected chi connectivity index (χ0v) is 9.20. The Balaban J connectivity index is 3.31. The highest BCUT2D eigenvalue weighted by Gasteiger charge is 2.04. The summed E-state index contributed by atoms with van der Waals surface area (Å²) in [5, 5.41) is 11.0. The van der Waals surface area contributed by atoms with E-state index in [1.54, 1.807) is 0 Å². The van der Waals surface area contributed by atoms with Gasteiger partial charge in [0.2, 0.25) is 5.91 Å². The summed E-state index contributed by atoms with van der Waals surface area (Å²) in [4.78, 5) is 20.7. The molecular formula is C7H13NO3S2. The van der Waals surface area contributed by atoms with Gasteiger partial charge in [0, 0.05) is 12.7 Å². The molecule has 0 aliphatic carbocycles.